The summed E-state index contributed by atoms with van der Waals surface area (Å²) in [4.78, 5) is 37.0. The fourth-order valence-electron chi connectivity index (χ4n) is 3.62. The van der Waals surface area contributed by atoms with Gasteiger partial charge in [0, 0.05) is 17.1 Å². The third-order valence-corrected chi connectivity index (χ3v) is 5.60. The van der Waals surface area contributed by atoms with Crippen molar-refractivity contribution >= 4 is 17.7 Å². The molecule has 0 aromatic rings. The first-order valence-corrected chi connectivity index (χ1v) is 9.19. The highest BCUT2D eigenvalue weighted by Crippen LogP contribution is 2.40. The minimum atomic E-state index is -1.53. The van der Waals surface area contributed by atoms with Crippen LogP contribution in [0.4, 0.5) is 0 Å². The van der Waals surface area contributed by atoms with Gasteiger partial charge >= 0.3 is 11.9 Å². The lowest BCUT2D eigenvalue weighted by Crippen LogP contribution is -2.55. The van der Waals surface area contributed by atoms with Gasteiger partial charge in [-0.15, -0.1) is 0 Å². The Kier molecular flexibility index (Phi) is 6.27. The third kappa shape index (κ3) is 4.14. The zero-order valence-corrected chi connectivity index (χ0v) is 16.2. The number of ketones is 1. The van der Waals surface area contributed by atoms with Crippen LogP contribution in [0.1, 0.15) is 47.0 Å². The highest BCUT2D eigenvalue weighted by atomic mass is 16.6. The molecule has 1 aliphatic carbocycles. The molecule has 1 aliphatic heterocycles. The van der Waals surface area contributed by atoms with Crippen molar-refractivity contribution in [2.24, 2.45) is 11.8 Å². The molecule has 150 valence electrons. The van der Waals surface area contributed by atoms with Crippen LogP contribution < -0.4 is 0 Å². The first-order valence-electron chi connectivity index (χ1n) is 9.19. The number of rotatable bonds is 2. The third-order valence-electron chi connectivity index (χ3n) is 5.60. The lowest BCUT2D eigenvalue weighted by molar-refractivity contribution is -0.188. The highest BCUT2D eigenvalue weighted by molar-refractivity contribution is 5.94. The Bertz CT molecular complexity index is 676. The van der Waals surface area contributed by atoms with Gasteiger partial charge in [0.15, 0.2) is 18.0 Å². The van der Waals surface area contributed by atoms with Crippen molar-refractivity contribution in [2.75, 3.05) is 0 Å². The fraction of sp³-hybridized carbons (Fsp3) is 0.650. The first-order chi connectivity index (χ1) is 12.5. The second-order valence-corrected chi connectivity index (χ2v) is 7.72. The van der Waals surface area contributed by atoms with Gasteiger partial charge in [-0.3, -0.25) is 4.79 Å². The summed E-state index contributed by atoms with van der Waals surface area (Å²) in [6.45, 7) is 10.1. The lowest BCUT2D eigenvalue weighted by Gasteiger charge is -2.39. The molecule has 2 fully saturated rings. The second-order valence-electron chi connectivity index (χ2n) is 7.72. The number of esters is 2. The van der Waals surface area contributed by atoms with Crippen LogP contribution in [0.2, 0.25) is 0 Å². The molecular formula is C20H28O7. The number of carbonyl (C=O) groups excluding carboxylic acids is 3. The smallest absolute Gasteiger partial charge is 0.334 e. The van der Waals surface area contributed by atoms with E-state index in [1.807, 2.05) is 0 Å². The van der Waals surface area contributed by atoms with E-state index in [-0.39, 0.29) is 12.0 Å². The molecule has 1 saturated heterocycles. The number of fused-ring (bicyclic) bond motifs is 1. The molecule has 0 radical (unpaired) electrons. The minimum Gasteiger partial charge on any atom is -0.454 e. The number of hydrogen-bond donors (Lipinski definition) is 2. The van der Waals surface area contributed by atoms with Crippen LogP contribution in [0.3, 0.4) is 0 Å². The molecule has 0 aromatic carbocycles. The first kappa shape index (κ1) is 21.3. The number of hydrogen-bond acceptors (Lipinski definition) is 7. The molecule has 6 unspecified atom stereocenters. The van der Waals surface area contributed by atoms with Crippen LogP contribution in [-0.2, 0) is 23.9 Å². The summed E-state index contributed by atoms with van der Waals surface area (Å²) in [6, 6.07) is 0. The summed E-state index contributed by atoms with van der Waals surface area (Å²) in [7, 11) is 0. The van der Waals surface area contributed by atoms with Crippen LogP contribution in [-0.4, -0.2) is 51.8 Å². The number of Topliss-reactive ketones (excluding diaryl/α,β-unsaturated/α-hetero) is 1. The molecule has 7 heteroatoms. The molecule has 0 spiro atoms. The quantitative estimate of drug-likeness (QED) is 0.551. The Balaban J connectivity index is 2.50. The van der Waals surface area contributed by atoms with E-state index in [4.69, 9.17) is 9.47 Å². The predicted molar refractivity (Wildman–Crippen MR) is 96.5 cm³/mol. The van der Waals surface area contributed by atoms with Crippen molar-refractivity contribution in [3.8, 4) is 0 Å². The van der Waals surface area contributed by atoms with Gasteiger partial charge in [0.05, 0.1) is 5.92 Å². The molecule has 1 heterocycles. The number of carbonyl (C=O) groups is 3. The lowest BCUT2D eigenvalue weighted by atomic mass is 9.76. The van der Waals surface area contributed by atoms with Gasteiger partial charge in [-0.05, 0) is 40.0 Å². The SMILES string of the molecule is C=C1C(=O)OC2C1C(O)C(=O)C(C)CCCC(C)(O)C2OC(=O)C(C)=CC. The van der Waals surface area contributed by atoms with Gasteiger partial charge in [0.2, 0.25) is 0 Å². The van der Waals surface area contributed by atoms with E-state index >= 15 is 0 Å². The number of aliphatic hydroxyl groups is 2. The van der Waals surface area contributed by atoms with Crippen molar-refractivity contribution in [2.45, 2.75) is 70.9 Å². The Labute approximate surface area is 159 Å². The zero-order chi connectivity index (χ0) is 20.5. The normalized spacial score (nSPS) is 38.2. The maximum Gasteiger partial charge on any atom is 0.334 e. The van der Waals surface area contributed by atoms with Gasteiger partial charge in [-0.1, -0.05) is 19.6 Å². The van der Waals surface area contributed by atoms with Gasteiger partial charge in [-0.2, -0.15) is 0 Å². The fourth-order valence-corrected chi connectivity index (χ4v) is 3.62. The van der Waals surface area contributed by atoms with E-state index in [9.17, 15) is 24.6 Å². The molecule has 2 rings (SSSR count). The van der Waals surface area contributed by atoms with E-state index in [1.54, 1.807) is 26.8 Å². The molecule has 0 amide bonds. The Morgan fingerprint density at radius 1 is 1.41 bits per heavy atom. The summed E-state index contributed by atoms with van der Waals surface area (Å²) in [6.07, 6.45) is -1.23. The number of aliphatic hydroxyl groups excluding tert-OH is 1. The molecule has 27 heavy (non-hydrogen) atoms. The van der Waals surface area contributed by atoms with Crippen LogP contribution in [0.5, 0.6) is 0 Å². The number of allylic oxidation sites excluding steroid dienone is 1. The molecular weight excluding hydrogens is 352 g/mol. The largest absolute Gasteiger partial charge is 0.454 e. The predicted octanol–water partition coefficient (Wildman–Crippen LogP) is 1.46. The Morgan fingerprint density at radius 2 is 2.04 bits per heavy atom. The molecule has 0 bridgehead atoms. The van der Waals surface area contributed by atoms with E-state index < -0.39 is 53.5 Å². The second kappa shape index (κ2) is 7.94. The molecule has 0 aromatic heterocycles. The monoisotopic (exact) mass is 380 g/mol. The van der Waals surface area contributed by atoms with Gasteiger partial charge in [-0.25, -0.2) is 9.59 Å². The van der Waals surface area contributed by atoms with Crippen LogP contribution in [0, 0.1) is 11.8 Å². The summed E-state index contributed by atoms with van der Waals surface area (Å²) in [5.41, 5.74) is -1.25. The van der Waals surface area contributed by atoms with E-state index in [0.29, 0.717) is 18.4 Å². The van der Waals surface area contributed by atoms with E-state index in [2.05, 4.69) is 6.58 Å². The molecule has 1 saturated carbocycles. The maximum absolute atomic E-state index is 12.6. The van der Waals surface area contributed by atoms with Gasteiger partial charge in [0.1, 0.15) is 11.7 Å². The van der Waals surface area contributed by atoms with E-state index in [1.165, 1.54) is 6.92 Å². The zero-order valence-electron chi connectivity index (χ0n) is 16.2. The average molecular weight is 380 g/mol. The van der Waals surface area contributed by atoms with Crippen molar-refractivity contribution in [1.29, 1.82) is 0 Å². The van der Waals surface area contributed by atoms with Gasteiger partial charge in [0.25, 0.3) is 0 Å². The maximum atomic E-state index is 12.6. The molecule has 2 N–H and O–H groups in total. The van der Waals surface area contributed by atoms with Crippen molar-refractivity contribution in [3.63, 3.8) is 0 Å². The van der Waals surface area contributed by atoms with Crippen LogP contribution in [0.15, 0.2) is 23.8 Å². The Hall–Kier alpha value is -1.99. The summed E-state index contributed by atoms with van der Waals surface area (Å²) in [5, 5.41) is 21.7. The van der Waals surface area contributed by atoms with Gasteiger partial charge < -0.3 is 19.7 Å². The molecule has 6 atom stereocenters. The standard InChI is InChI=1S/C20H28O7/c1-6-10(2)18(23)27-17-16-13(12(4)19(24)26-16)15(22)14(21)11(3)8-7-9-20(17,5)25/h6,11,13,15-17,22,25H,4,7-9H2,1-3,5H3. The summed E-state index contributed by atoms with van der Waals surface area (Å²) in [5.74, 6) is -3.38. The summed E-state index contributed by atoms with van der Waals surface area (Å²) < 4.78 is 10.8. The van der Waals surface area contributed by atoms with Crippen molar-refractivity contribution in [3.05, 3.63) is 23.8 Å². The van der Waals surface area contributed by atoms with Crippen molar-refractivity contribution < 1.29 is 34.1 Å². The number of ether oxygens (including phenoxy) is 2. The molecule has 7 nitrogen and oxygen atoms in total. The molecule has 2 aliphatic rings. The van der Waals surface area contributed by atoms with E-state index in [0.717, 1.165) is 0 Å². The summed E-state index contributed by atoms with van der Waals surface area (Å²) >= 11 is 0. The minimum absolute atomic E-state index is 0.0618. The van der Waals surface area contributed by atoms with Crippen LogP contribution in [0.25, 0.3) is 0 Å². The topological polar surface area (TPSA) is 110 Å². The highest BCUT2D eigenvalue weighted by Gasteiger charge is 2.55. The van der Waals surface area contributed by atoms with Crippen LogP contribution >= 0.6 is 0 Å². The average Bonchev–Trinajstić information content (AvgIpc) is 2.90. The Morgan fingerprint density at radius 3 is 2.63 bits per heavy atom. The van der Waals surface area contributed by atoms with Crippen molar-refractivity contribution in [1.82, 2.24) is 0 Å².